The summed E-state index contributed by atoms with van der Waals surface area (Å²) in [4.78, 5) is 2.23. The van der Waals surface area contributed by atoms with E-state index in [1.807, 2.05) is 12.2 Å². The summed E-state index contributed by atoms with van der Waals surface area (Å²) in [5, 5.41) is 34.8. The first-order chi connectivity index (χ1) is 18.2. The summed E-state index contributed by atoms with van der Waals surface area (Å²) in [6.07, 6.45) is 12.6. The van der Waals surface area contributed by atoms with Gasteiger partial charge in [-0.05, 0) is 74.0 Å². The minimum atomic E-state index is -0.562. The monoisotopic (exact) mass is 530 g/mol. The van der Waals surface area contributed by atoms with Gasteiger partial charge in [0, 0.05) is 31.5 Å². The normalized spacial score (nSPS) is 46.6. The van der Waals surface area contributed by atoms with Crippen LogP contribution in [0.2, 0.25) is 0 Å². The molecule has 0 bridgehead atoms. The Balaban J connectivity index is 1.53. The van der Waals surface area contributed by atoms with Gasteiger partial charge >= 0.3 is 0 Å². The van der Waals surface area contributed by atoms with Gasteiger partial charge in [0.05, 0.1) is 30.7 Å². The van der Waals surface area contributed by atoms with Gasteiger partial charge < -0.3 is 10.2 Å². The Morgan fingerprint density at radius 3 is 1.58 bits per heavy atom. The van der Waals surface area contributed by atoms with E-state index in [0.29, 0.717) is 30.2 Å². The smallest absolute Gasteiger partial charge is 0.0661 e. The largest absolute Gasteiger partial charge is 0.393 e. The first-order valence-corrected chi connectivity index (χ1v) is 15.8. The van der Waals surface area contributed by atoms with Crippen molar-refractivity contribution < 1.29 is 10.2 Å². The minimum Gasteiger partial charge on any atom is -0.393 e. The summed E-state index contributed by atoms with van der Waals surface area (Å²) < 4.78 is 0. The Morgan fingerprint density at radius 1 is 0.684 bits per heavy atom. The van der Waals surface area contributed by atoms with Gasteiger partial charge in [-0.25, -0.2) is 0 Å². The van der Waals surface area contributed by atoms with Crippen LogP contribution in [-0.4, -0.2) is 65.5 Å². The van der Waals surface area contributed by atoms with Gasteiger partial charge in [0.25, 0.3) is 0 Å². The van der Waals surface area contributed by atoms with Crippen LogP contribution >= 0.6 is 0 Å². The minimum absolute atomic E-state index is 0.0432. The number of rotatable bonds is 9. The number of hydrogen-bond acceptors (Lipinski definition) is 6. The maximum Gasteiger partial charge on any atom is 0.0661 e. The molecule has 38 heavy (non-hydrogen) atoms. The van der Waals surface area contributed by atoms with Crippen molar-refractivity contribution in [1.82, 2.24) is 20.9 Å². The highest BCUT2D eigenvalue weighted by molar-refractivity contribution is 5.01. The van der Waals surface area contributed by atoms with Crippen molar-refractivity contribution in [2.75, 3.05) is 19.6 Å². The molecular formula is C32H58N4O2. The summed E-state index contributed by atoms with van der Waals surface area (Å²) in [5.41, 5.74) is 0. The fraction of sp³-hybridized carbons (Fsp3) is 0.875. The number of nitrogens with zero attached hydrogens (tertiary/aromatic N) is 1. The zero-order valence-corrected chi connectivity index (χ0v) is 24.7. The van der Waals surface area contributed by atoms with Crippen molar-refractivity contribution in [2.24, 2.45) is 47.3 Å². The Bertz CT molecular complexity index is 720. The van der Waals surface area contributed by atoms with E-state index in [-0.39, 0.29) is 30.3 Å². The zero-order valence-electron chi connectivity index (χ0n) is 24.7. The summed E-state index contributed by atoms with van der Waals surface area (Å²) in [6.45, 7) is 19.6. The molecule has 12 unspecified atom stereocenters. The SMILES string of the molecule is C=CCN(CC=C)CC1C(O)CCC(C2NC(C3CCC(C)CC3C)NC(C3CCC(C)CC3C)N2)C1O. The van der Waals surface area contributed by atoms with Gasteiger partial charge in [-0.15, -0.1) is 13.2 Å². The molecule has 4 fully saturated rings. The topological polar surface area (TPSA) is 79.8 Å². The Hall–Kier alpha value is -0.760. The lowest BCUT2D eigenvalue weighted by Crippen LogP contribution is -2.74. The molecular weight excluding hydrogens is 472 g/mol. The number of nitrogens with one attached hydrogen (secondary N) is 3. The van der Waals surface area contributed by atoms with Crippen molar-refractivity contribution in [3.63, 3.8) is 0 Å². The average molecular weight is 531 g/mol. The Morgan fingerprint density at radius 2 is 1.13 bits per heavy atom. The standard InChI is InChI=1S/C32H58N4O2/c1-7-15-36(16-8-2)19-27-28(37)14-13-26(29(27)38)32-34-30(24-11-9-20(3)17-22(24)5)33-31(35-32)25-12-10-21(4)18-23(25)6/h7-8,20-35,37-38H,1-2,9-19H2,3-6H3. The second-order valence-corrected chi connectivity index (χ2v) is 13.8. The highest BCUT2D eigenvalue weighted by Gasteiger charge is 2.47. The predicted molar refractivity (Wildman–Crippen MR) is 157 cm³/mol. The number of hydrogen-bond donors (Lipinski definition) is 5. The molecule has 1 heterocycles. The van der Waals surface area contributed by atoms with Crippen molar-refractivity contribution >= 4 is 0 Å². The maximum absolute atomic E-state index is 11.8. The van der Waals surface area contributed by atoms with Crippen LogP contribution in [-0.2, 0) is 0 Å². The summed E-state index contributed by atoms with van der Waals surface area (Å²) in [6, 6.07) is 0. The molecule has 6 nitrogen and oxygen atoms in total. The lowest BCUT2D eigenvalue weighted by Gasteiger charge is -2.53. The van der Waals surface area contributed by atoms with E-state index in [2.05, 4.69) is 61.7 Å². The van der Waals surface area contributed by atoms with E-state index < -0.39 is 12.2 Å². The Labute approximate surface area is 233 Å². The van der Waals surface area contributed by atoms with Crippen molar-refractivity contribution in [1.29, 1.82) is 0 Å². The van der Waals surface area contributed by atoms with Crippen molar-refractivity contribution in [3.05, 3.63) is 25.3 Å². The van der Waals surface area contributed by atoms with Gasteiger partial charge in [0.15, 0.2) is 0 Å². The lowest BCUT2D eigenvalue weighted by atomic mass is 9.71. The van der Waals surface area contributed by atoms with Crippen LogP contribution in [0.25, 0.3) is 0 Å². The third kappa shape index (κ3) is 7.11. The second-order valence-electron chi connectivity index (χ2n) is 13.8. The quantitative estimate of drug-likeness (QED) is 0.286. The predicted octanol–water partition coefficient (Wildman–Crippen LogP) is 4.31. The Kier molecular flexibility index (Phi) is 10.9. The van der Waals surface area contributed by atoms with Crippen LogP contribution in [0.5, 0.6) is 0 Å². The first-order valence-electron chi connectivity index (χ1n) is 15.8. The molecule has 6 heteroatoms. The number of aliphatic hydroxyl groups excluding tert-OH is 2. The first kappa shape index (κ1) is 30.2. The van der Waals surface area contributed by atoms with Crippen LogP contribution in [0.4, 0.5) is 0 Å². The fourth-order valence-electron chi connectivity index (χ4n) is 8.61. The molecule has 218 valence electrons. The van der Waals surface area contributed by atoms with Gasteiger partial charge in [0.1, 0.15) is 0 Å². The zero-order chi connectivity index (χ0) is 27.4. The van der Waals surface area contributed by atoms with Crippen LogP contribution in [0.15, 0.2) is 25.3 Å². The molecule has 1 aliphatic heterocycles. The molecule has 0 aromatic rings. The van der Waals surface area contributed by atoms with Crippen molar-refractivity contribution in [3.8, 4) is 0 Å². The van der Waals surface area contributed by atoms with Crippen LogP contribution in [0.1, 0.15) is 79.1 Å². The van der Waals surface area contributed by atoms with E-state index in [0.717, 1.165) is 37.8 Å². The van der Waals surface area contributed by atoms with E-state index in [4.69, 9.17) is 0 Å². The fourth-order valence-corrected chi connectivity index (χ4v) is 8.61. The molecule has 0 radical (unpaired) electrons. The van der Waals surface area contributed by atoms with E-state index in [9.17, 15) is 10.2 Å². The third-order valence-electron chi connectivity index (χ3n) is 10.8. The average Bonchev–Trinajstić information content (AvgIpc) is 2.86. The van der Waals surface area contributed by atoms with Gasteiger partial charge in [-0.2, -0.15) is 0 Å². The molecule has 0 spiro atoms. The maximum atomic E-state index is 11.8. The molecule has 3 aliphatic carbocycles. The molecule has 4 aliphatic rings. The molecule has 0 aromatic heterocycles. The molecule has 3 saturated carbocycles. The molecule has 5 N–H and O–H groups in total. The van der Waals surface area contributed by atoms with Gasteiger partial charge in [-0.3, -0.25) is 20.9 Å². The second kappa shape index (κ2) is 13.7. The lowest BCUT2D eigenvalue weighted by molar-refractivity contribution is -0.0905. The molecule has 0 aromatic carbocycles. The van der Waals surface area contributed by atoms with E-state index in [1.165, 1.54) is 38.5 Å². The van der Waals surface area contributed by atoms with Crippen LogP contribution in [0.3, 0.4) is 0 Å². The van der Waals surface area contributed by atoms with E-state index in [1.54, 1.807) is 0 Å². The van der Waals surface area contributed by atoms with E-state index >= 15 is 0 Å². The number of aliphatic hydroxyl groups is 2. The van der Waals surface area contributed by atoms with Crippen LogP contribution < -0.4 is 16.0 Å². The molecule has 0 amide bonds. The van der Waals surface area contributed by atoms with Gasteiger partial charge in [-0.1, -0.05) is 52.7 Å². The van der Waals surface area contributed by atoms with Crippen LogP contribution in [0, 0.1) is 47.3 Å². The highest BCUT2D eigenvalue weighted by atomic mass is 16.3. The summed E-state index contributed by atoms with van der Waals surface area (Å²) in [7, 11) is 0. The molecule has 4 rings (SSSR count). The van der Waals surface area contributed by atoms with Crippen molar-refractivity contribution in [2.45, 2.75) is 110 Å². The summed E-state index contributed by atoms with van der Waals surface area (Å²) in [5.74, 6) is 4.10. The molecule has 12 atom stereocenters. The van der Waals surface area contributed by atoms with Gasteiger partial charge in [0.2, 0.25) is 0 Å². The third-order valence-corrected chi connectivity index (χ3v) is 10.8. The highest BCUT2D eigenvalue weighted by Crippen LogP contribution is 2.40. The summed E-state index contributed by atoms with van der Waals surface area (Å²) >= 11 is 0. The molecule has 1 saturated heterocycles.